The van der Waals surface area contributed by atoms with Crippen molar-refractivity contribution >= 4 is 23.4 Å². The zero-order valence-electron chi connectivity index (χ0n) is 10.5. The molecule has 5 heteroatoms. The van der Waals surface area contributed by atoms with Gasteiger partial charge in [0.15, 0.2) is 0 Å². The smallest absolute Gasteiger partial charge is 0.136 e. The molecule has 0 bridgehead atoms. The molecule has 0 amide bonds. The van der Waals surface area contributed by atoms with E-state index in [0.717, 1.165) is 30.2 Å². The zero-order valence-corrected chi connectivity index (χ0v) is 11.3. The number of anilines is 2. The van der Waals surface area contributed by atoms with Crippen LogP contribution in [0, 0.1) is 6.92 Å². The van der Waals surface area contributed by atoms with Gasteiger partial charge in [-0.05, 0) is 38.2 Å². The minimum atomic E-state index is 0.546. The standard InChI is InChI=1S/C12H20N4S/c1-8-10(13)15-12(9-4-5-9)16-11(8)14-6-3-7-17-2/h9H,3-7H2,1-2H3,(H3,13,14,15,16). The summed E-state index contributed by atoms with van der Waals surface area (Å²) in [4.78, 5) is 8.95. The van der Waals surface area contributed by atoms with E-state index in [1.807, 2.05) is 18.7 Å². The molecule has 94 valence electrons. The maximum absolute atomic E-state index is 5.92. The van der Waals surface area contributed by atoms with Crippen LogP contribution in [-0.4, -0.2) is 28.5 Å². The van der Waals surface area contributed by atoms with Crippen molar-refractivity contribution in [3.63, 3.8) is 0 Å². The number of nitrogens with two attached hydrogens (primary N) is 1. The van der Waals surface area contributed by atoms with Crippen molar-refractivity contribution in [1.82, 2.24) is 9.97 Å². The Morgan fingerprint density at radius 1 is 1.41 bits per heavy atom. The van der Waals surface area contributed by atoms with Crippen molar-refractivity contribution in [3.8, 4) is 0 Å². The van der Waals surface area contributed by atoms with Gasteiger partial charge in [-0.2, -0.15) is 11.8 Å². The number of thioether (sulfide) groups is 1. The number of nitrogens with zero attached hydrogens (tertiary/aromatic N) is 2. The van der Waals surface area contributed by atoms with Gasteiger partial charge in [-0.25, -0.2) is 9.97 Å². The van der Waals surface area contributed by atoms with Crippen LogP contribution >= 0.6 is 11.8 Å². The molecule has 0 aromatic carbocycles. The molecule has 0 spiro atoms. The third-order valence-corrected chi connectivity index (χ3v) is 3.66. The molecule has 4 nitrogen and oxygen atoms in total. The van der Waals surface area contributed by atoms with Crippen molar-refractivity contribution in [2.45, 2.75) is 32.1 Å². The summed E-state index contributed by atoms with van der Waals surface area (Å²) in [7, 11) is 0. The van der Waals surface area contributed by atoms with Gasteiger partial charge in [0.2, 0.25) is 0 Å². The van der Waals surface area contributed by atoms with Gasteiger partial charge >= 0.3 is 0 Å². The quantitative estimate of drug-likeness (QED) is 0.761. The van der Waals surface area contributed by atoms with Gasteiger partial charge in [0.25, 0.3) is 0 Å². The average Bonchev–Trinajstić information content (AvgIpc) is 3.13. The fraction of sp³-hybridized carbons (Fsp3) is 0.667. The van der Waals surface area contributed by atoms with Gasteiger partial charge in [0, 0.05) is 18.0 Å². The average molecular weight is 252 g/mol. The molecular weight excluding hydrogens is 232 g/mol. The van der Waals surface area contributed by atoms with Crippen LogP contribution in [0.15, 0.2) is 0 Å². The first-order valence-corrected chi connectivity index (χ1v) is 7.48. The Labute approximate surface area is 107 Å². The summed E-state index contributed by atoms with van der Waals surface area (Å²) in [6.45, 7) is 2.92. The maximum atomic E-state index is 5.92. The molecule has 1 aliphatic carbocycles. The van der Waals surface area contributed by atoms with Gasteiger partial charge in [0.05, 0.1) is 0 Å². The molecule has 1 aliphatic rings. The Hall–Kier alpha value is -0.970. The minimum absolute atomic E-state index is 0.546. The first kappa shape index (κ1) is 12.5. The van der Waals surface area contributed by atoms with E-state index in [1.165, 1.54) is 18.6 Å². The lowest BCUT2D eigenvalue weighted by Crippen LogP contribution is -2.10. The second-order valence-corrected chi connectivity index (χ2v) is 5.47. The predicted octanol–water partition coefficient (Wildman–Crippen LogP) is 2.41. The fourth-order valence-electron chi connectivity index (χ4n) is 1.67. The summed E-state index contributed by atoms with van der Waals surface area (Å²) in [5.74, 6) is 4.17. The van der Waals surface area contributed by atoms with E-state index >= 15 is 0 Å². The molecule has 0 saturated heterocycles. The highest BCUT2D eigenvalue weighted by atomic mass is 32.2. The Bertz CT molecular complexity index is 390. The van der Waals surface area contributed by atoms with Crippen molar-refractivity contribution in [3.05, 3.63) is 11.4 Å². The number of nitrogen functional groups attached to an aromatic ring is 1. The number of hydrogen-bond acceptors (Lipinski definition) is 5. The van der Waals surface area contributed by atoms with Crippen LogP contribution in [0.3, 0.4) is 0 Å². The topological polar surface area (TPSA) is 63.8 Å². The summed E-state index contributed by atoms with van der Waals surface area (Å²) in [6.07, 6.45) is 5.67. The Balaban J connectivity index is 2.03. The van der Waals surface area contributed by atoms with Crippen molar-refractivity contribution in [1.29, 1.82) is 0 Å². The summed E-state index contributed by atoms with van der Waals surface area (Å²) in [5, 5.41) is 3.37. The van der Waals surface area contributed by atoms with Crippen LogP contribution in [0.1, 0.15) is 36.6 Å². The normalized spacial score (nSPS) is 14.9. The van der Waals surface area contributed by atoms with Crippen molar-refractivity contribution in [2.75, 3.05) is 29.6 Å². The highest BCUT2D eigenvalue weighted by Crippen LogP contribution is 2.39. The lowest BCUT2D eigenvalue weighted by atomic mass is 10.3. The van der Waals surface area contributed by atoms with Crippen LogP contribution in [0.4, 0.5) is 11.6 Å². The monoisotopic (exact) mass is 252 g/mol. The lowest BCUT2D eigenvalue weighted by Gasteiger charge is -2.11. The maximum Gasteiger partial charge on any atom is 0.136 e. The second kappa shape index (κ2) is 5.58. The molecule has 0 unspecified atom stereocenters. The number of hydrogen-bond donors (Lipinski definition) is 2. The zero-order chi connectivity index (χ0) is 12.3. The molecule has 0 radical (unpaired) electrons. The van der Waals surface area contributed by atoms with Crippen LogP contribution in [-0.2, 0) is 0 Å². The van der Waals surface area contributed by atoms with Crippen LogP contribution in [0.2, 0.25) is 0 Å². The molecule has 0 aliphatic heterocycles. The van der Waals surface area contributed by atoms with Crippen LogP contribution in [0.5, 0.6) is 0 Å². The SMILES string of the molecule is CSCCCNc1nc(C2CC2)nc(N)c1C. The first-order valence-electron chi connectivity index (χ1n) is 6.09. The highest BCUT2D eigenvalue weighted by molar-refractivity contribution is 7.98. The Kier molecular flexibility index (Phi) is 4.10. The molecule has 1 heterocycles. The molecule has 1 saturated carbocycles. The molecule has 1 aromatic rings. The summed E-state index contributed by atoms with van der Waals surface area (Å²) in [5.41, 5.74) is 6.89. The van der Waals surface area contributed by atoms with Gasteiger partial charge in [-0.1, -0.05) is 0 Å². The van der Waals surface area contributed by atoms with E-state index in [9.17, 15) is 0 Å². The molecular formula is C12H20N4S. The molecule has 1 aromatic heterocycles. The van der Waals surface area contributed by atoms with E-state index < -0.39 is 0 Å². The molecule has 0 atom stereocenters. The highest BCUT2D eigenvalue weighted by Gasteiger charge is 2.27. The van der Waals surface area contributed by atoms with Gasteiger partial charge in [-0.15, -0.1) is 0 Å². The largest absolute Gasteiger partial charge is 0.383 e. The molecule has 2 rings (SSSR count). The fourth-order valence-corrected chi connectivity index (χ4v) is 2.10. The molecule has 3 N–H and O–H groups in total. The van der Waals surface area contributed by atoms with E-state index in [2.05, 4.69) is 21.5 Å². The number of nitrogens with one attached hydrogen (secondary N) is 1. The van der Waals surface area contributed by atoms with Gasteiger partial charge in [-0.3, -0.25) is 0 Å². The van der Waals surface area contributed by atoms with E-state index in [4.69, 9.17) is 5.73 Å². The van der Waals surface area contributed by atoms with Crippen molar-refractivity contribution in [2.24, 2.45) is 0 Å². The number of aromatic nitrogens is 2. The summed E-state index contributed by atoms with van der Waals surface area (Å²) < 4.78 is 0. The summed E-state index contributed by atoms with van der Waals surface area (Å²) >= 11 is 1.86. The van der Waals surface area contributed by atoms with E-state index in [0.29, 0.717) is 11.7 Å². The van der Waals surface area contributed by atoms with E-state index in [-0.39, 0.29) is 0 Å². The summed E-state index contributed by atoms with van der Waals surface area (Å²) in [6, 6.07) is 0. The predicted molar refractivity (Wildman–Crippen MR) is 74.6 cm³/mol. The number of rotatable bonds is 6. The third kappa shape index (κ3) is 3.25. The van der Waals surface area contributed by atoms with Crippen LogP contribution in [0.25, 0.3) is 0 Å². The Morgan fingerprint density at radius 2 is 2.18 bits per heavy atom. The Morgan fingerprint density at radius 3 is 2.82 bits per heavy atom. The first-order chi connectivity index (χ1) is 8.22. The van der Waals surface area contributed by atoms with Gasteiger partial charge in [0.1, 0.15) is 17.5 Å². The molecule has 1 fully saturated rings. The molecule has 17 heavy (non-hydrogen) atoms. The van der Waals surface area contributed by atoms with Crippen LogP contribution < -0.4 is 11.1 Å². The van der Waals surface area contributed by atoms with Gasteiger partial charge < -0.3 is 11.1 Å². The van der Waals surface area contributed by atoms with Crippen molar-refractivity contribution < 1.29 is 0 Å². The lowest BCUT2D eigenvalue weighted by molar-refractivity contribution is 0.907. The minimum Gasteiger partial charge on any atom is -0.383 e. The third-order valence-electron chi connectivity index (χ3n) is 2.96. The van der Waals surface area contributed by atoms with E-state index in [1.54, 1.807) is 0 Å². The second-order valence-electron chi connectivity index (χ2n) is 4.49.